The van der Waals surface area contributed by atoms with E-state index in [-0.39, 0.29) is 6.04 Å². The van der Waals surface area contributed by atoms with Gasteiger partial charge in [0.2, 0.25) is 0 Å². The van der Waals surface area contributed by atoms with Crippen LogP contribution in [-0.4, -0.2) is 28.9 Å². The van der Waals surface area contributed by atoms with E-state index in [1.54, 1.807) is 0 Å². The van der Waals surface area contributed by atoms with Gasteiger partial charge in [-0.3, -0.25) is 9.98 Å². The molecule has 1 unspecified atom stereocenters. The summed E-state index contributed by atoms with van der Waals surface area (Å²) >= 11 is 3.58. The summed E-state index contributed by atoms with van der Waals surface area (Å²) in [4.78, 5) is 11.0. The van der Waals surface area contributed by atoms with Crippen molar-refractivity contribution >= 4 is 32.8 Å². The fraction of sp³-hybridized carbons (Fsp3) is 0.286. The van der Waals surface area contributed by atoms with E-state index in [0.717, 1.165) is 21.9 Å². The van der Waals surface area contributed by atoms with Gasteiger partial charge < -0.3 is 10.6 Å². The van der Waals surface area contributed by atoms with Crippen molar-refractivity contribution in [3.05, 3.63) is 40.5 Å². The van der Waals surface area contributed by atoms with Gasteiger partial charge >= 0.3 is 0 Å². The zero-order valence-electron chi connectivity index (χ0n) is 10.7. The van der Waals surface area contributed by atoms with Gasteiger partial charge in [-0.05, 0) is 19.1 Å². The number of hydrogen-bond acceptors (Lipinski definition) is 4. The van der Waals surface area contributed by atoms with E-state index < -0.39 is 0 Å². The van der Waals surface area contributed by atoms with Crippen LogP contribution in [0.4, 0.5) is 0 Å². The molecule has 1 aromatic heterocycles. The van der Waals surface area contributed by atoms with Gasteiger partial charge in [0.05, 0.1) is 18.1 Å². The summed E-state index contributed by atoms with van der Waals surface area (Å²) in [6.45, 7) is 3.65. The highest BCUT2D eigenvalue weighted by Gasteiger charge is 2.27. The molecule has 0 fully saturated rings. The van der Waals surface area contributed by atoms with Gasteiger partial charge in [-0.1, -0.05) is 28.1 Å². The topological polar surface area (TPSA) is 54.5 Å². The van der Waals surface area contributed by atoms with Crippen LogP contribution in [0.2, 0.25) is 0 Å². The number of guanidine groups is 1. The van der Waals surface area contributed by atoms with Gasteiger partial charge in [-0.2, -0.15) is 0 Å². The number of nitrogens with two attached hydrogens (primary N) is 1. The van der Waals surface area contributed by atoms with Crippen molar-refractivity contribution in [2.24, 2.45) is 10.7 Å². The van der Waals surface area contributed by atoms with Gasteiger partial charge in [0, 0.05) is 28.2 Å². The maximum absolute atomic E-state index is 5.94. The van der Waals surface area contributed by atoms with Crippen LogP contribution >= 0.6 is 15.9 Å². The summed E-state index contributed by atoms with van der Waals surface area (Å²) in [5.41, 5.74) is 8.14. The molecular weight excluding hydrogens is 304 g/mol. The molecule has 0 amide bonds. The number of halogens is 1. The first kappa shape index (κ1) is 12.4. The quantitative estimate of drug-likeness (QED) is 0.926. The predicted molar refractivity (Wildman–Crippen MR) is 81.1 cm³/mol. The van der Waals surface area contributed by atoms with Crippen molar-refractivity contribution in [3.8, 4) is 0 Å². The summed E-state index contributed by atoms with van der Waals surface area (Å²) in [6.07, 6.45) is 1.83. The van der Waals surface area contributed by atoms with E-state index in [1.807, 2.05) is 12.3 Å². The highest BCUT2D eigenvalue weighted by atomic mass is 79.9. The van der Waals surface area contributed by atoms with Crippen LogP contribution in [0.3, 0.4) is 0 Å². The van der Waals surface area contributed by atoms with E-state index in [2.05, 4.69) is 55.9 Å². The van der Waals surface area contributed by atoms with Gasteiger partial charge in [-0.15, -0.1) is 0 Å². The number of hydrogen-bond donors (Lipinski definition) is 1. The average molecular weight is 319 g/mol. The van der Waals surface area contributed by atoms with Crippen LogP contribution in [0.15, 0.2) is 39.9 Å². The largest absolute Gasteiger partial charge is 0.370 e. The molecule has 1 aromatic carbocycles. The first-order valence-corrected chi connectivity index (χ1v) is 7.11. The van der Waals surface area contributed by atoms with Gasteiger partial charge in [0.1, 0.15) is 0 Å². The van der Waals surface area contributed by atoms with Gasteiger partial charge in [-0.25, -0.2) is 0 Å². The molecule has 19 heavy (non-hydrogen) atoms. The molecule has 2 heterocycles. The Kier molecular flexibility index (Phi) is 3.14. The Balaban J connectivity index is 2.14. The van der Waals surface area contributed by atoms with Crippen molar-refractivity contribution in [2.75, 3.05) is 13.1 Å². The summed E-state index contributed by atoms with van der Waals surface area (Å²) < 4.78 is 1.06. The lowest BCUT2D eigenvalue weighted by Gasteiger charge is -2.25. The first-order valence-electron chi connectivity index (χ1n) is 6.32. The van der Waals surface area contributed by atoms with Crippen molar-refractivity contribution in [1.29, 1.82) is 0 Å². The molecule has 3 rings (SSSR count). The van der Waals surface area contributed by atoms with E-state index >= 15 is 0 Å². The van der Waals surface area contributed by atoms with Crippen LogP contribution in [-0.2, 0) is 0 Å². The molecule has 98 valence electrons. The molecule has 2 aromatic rings. The fourth-order valence-corrected chi connectivity index (χ4v) is 3.06. The Hall–Kier alpha value is -1.62. The molecule has 1 aliphatic heterocycles. The maximum atomic E-state index is 5.94. The number of aliphatic imine (C=N–C) groups is 1. The number of rotatable bonds is 2. The van der Waals surface area contributed by atoms with Crippen LogP contribution in [0.25, 0.3) is 10.9 Å². The van der Waals surface area contributed by atoms with Crippen LogP contribution < -0.4 is 5.73 Å². The van der Waals surface area contributed by atoms with Crippen molar-refractivity contribution in [3.63, 3.8) is 0 Å². The zero-order valence-corrected chi connectivity index (χ0v) is 12.3. The van der Waals surface area contributed by atoms with Crippen LogP contribution in [0.1, 0.15) is 18.5 Å². The molecule has 0 radical (unpaired) electrons. The highest BCUT2D eigenvalue weighted by molar-refractivity contribution is 9.10. The lowest BCUT2D eigenvalue weighted by atomic mass is 10.0. The zero-order chi connectivity index (χ0) is 13.4. The summed E-state index contributed by atoms with van der Waals surface area (Å²) in [7, 11) is 0. The second-order valence-electron chi connectivity index (χ2n) is 4.54. The second kappa shape index (κ2) is 4.81. The Morgan fingerprint density at radius 3 is 3.05 bits per heavy atom. The molecule has 0 aliphatic carbocycles. The minimum atomic E-state index is 0.190. The molecule has 5 heteroatoms. The van der Waals surface area contributed by atoms with Gasteiger partial charge in [0.25, 0.3) is 0 Å². The third-order valence-electron chi connectivity index (χ3n) is 3.54. The summed E-state index contributed by atoms with van der Waals surface area (Å²) in [5.74, 6) is 0.625. The standard InChI is InChI=1S/C14H15BrN4/c1-2-19-12(8-18-14(19)16)10-5-6-11(15)9-4-3-7-17-13(9)10/h3-7,12H,2,8H2,1H3,(H2,16,18). The molecule has 0 bridgehead atoms. The molecule has 0 saturated heterocycles. The molecule has 4 nitrogen and oxygen atoms in total. The van der Waals surface area contributed by atoms with E-state index in [4.69, 9.17) is 5.73 Å². The molecule has 0 saturated carbocycles. The third-order valence-corrected chi connectivity index (χ3v) is 4.24. The van der Waals surface area contributed by atoms with E-state index in [1.165, 1.54) is 5.56 Å². The van der Waals surface area contributed by atoms with Crippen molar-refractivity contribution in [2.45, 2.75) is 13.0 Å². The summed E-state index contributed by atoms with van der Waals surface area (Å²) in [6, 6.07) is 8.40. The Morgan fingerprint density at radius 2 is 2.26 bits per heavy atom. The van der Waals surface area contributed by atoms with Gasteiger partial charge in [0.15, 0.2) is 5.96 Å². The lowest BCUT2D eigenvalue weighted by molar-refractivity contribution is 0.366. The number of fused-ring (bicyclic) bond motifs is 1. The minimum Gasteiger partial charge on any atom is -0.370 e. The van der Waals surface area contributed by atoms with E-state index in [9.17, 15) is 0 Å². The highest BCUT2D eigenvalue weighted by Crippen LogP contribution is 2.33. The molecular formula is C14H15BrN4. The smallest absolute Gasteiger partial charge is 0.191 e. The first-order chi connectivity index (χ1) is 9.22. The van der Waals surface area contributed by atoms with Crippen molar-refractivity contribution in [1.82, 2.24) is 9.88 Å². The Bertz CT molecular complexity index is 653. The number of benzene rings is 1. The SMILES string of the molecule is CCN1C(N)=NCC1c1ccc(Br)c2cccnc12. The Labute approximate surface area is 120 Å². The fourth-order valence-electron chi connectivity index (χ4n) is 2.61. The number of nitrogens with zero attached hydrogens (tertiary/aromatic N) is 3. The molecule has 2 N–H and O–H groups in total. The predicted octanol–water partition coefficient (Wildman–Crippen LogP) is 2.69. The number of likely N-dealkylation sites (N-methyl/N-ethyl adjacent to an activating group) is 1. The third kappa shape index (κ3) is 1.98. The number of pyridine rings is 1. The molecule has 0 spiro atoms. The van der Waals surface area contributed by atoms with Crippen LogP contribution in [0, 0.1) is 0 Å². The average Bonchev–Trinajstić information content (AvgIpc) is 2.80. The maximum Gasteiger partial charge on any atom is 0.191 e. The normalized spacial score (nSPS) is 18.9. The molecule has 1 aliphatic rings. The lowest BCUT2D eigenvalue weighted by Crippen LogP contribution is -2.35. The molecule has 1 atom stereocenters. The number of aromatic nitrogens is 1. The second-order valence-corrected chi connectivity index (χ2v) is 5.39. The monoisotopic (exact) mass is 318 g/mol. The Morgan fingerprint density at radius 1 is 1.42 bits per heavy atom. The van der Waals surface area contributed by atoms with Crippen molar-refractivity contribution < 1.29 is 0 Å². The summed E-state index contributed by atoms with van der Waals surface area (Å²) in [5, 5.41) is 1.13. The minimum absolute atomic E-state index is 0.190. The van der Waals surface area contributed by atoms with Crippen LogP contribution in [0.5, 0.6) is 0 Å². The van der Waals surface area contributed by atoms with E-state index in [0.29, 0.717) is 12.5 Å².